The van der Waals surface area contributed by atoms with Crippen molar-refractivity contribution >= 4 is 43.9 Å². The Morgan fingerprint density at radius 1 is 1.17 bits per heavy atom. The number of pyridine rings is 1. The third-order valence-electron chi connectivity index (χ3n) is 3.31. The van der Waals surface area contributed by atoms with Gasteiger partial charge in [0.2, 0.25) is 5.91 Å². The van der Waals surface area contributed by atoms with Crippen molar-refractivity contribution in [2.24, 2.45) is 0 Å². The highest BCUT2D eigenvalue weighted by Gasteiger charge is 2.17. The molecule has 24 heavy (non-hydrogen) atoms. The number of hydrogen-bond donors (Lipinski definition) is 2. The summed E-state index contributed by atoms with van der Waals surface area (Å²) in [4.78, 5) is 17.2. The van der Waals surface area contributed by atoms with E-state index in [1.807, 2.05) is 25.1 Å². The van der Waals surface area contributed by atoms with E-state index < -0.39 is 15.9 Å². The van der Waals surface area contributed by atoms with Crippen LogP contribution in [0.5, 0.6) is 0 Å². The van der Waals surface area contributed by atoms with E-state index in [1.54, 1.807) is 24.4 Å². The van der Waals surface area contributed by atoms with Crippen LogP contribution in [0.3, 0.4) is 0 Å². The van der Waals surface area contributed by atoms with Crippen LogP contribution in [0, 0.1) is 6.92 Å². The maximum Gasteiger partial charge on any atom is 0.250 e. The average Bonchev–Trinajstić information content (AvgIpc) is 3.01. The van der Waals surface area contributed by atoms with Gasteiger partial charge in [-0.15, -0.1) is 11.3 Å². The Bertz CT molecular complexity index is 991. The Morgan fingerprint density at radius 2 is 1.96 bits per heavy atom. The molecule has 2 heterocycles. The number of nitrogens with zero attached hydrogens (tertiary/aromatic N) is 1. The number of carbonyl (C=O) groups excluding carboxylic acids is 1. The number of aromatic nitrogens is 1. The SMILES string of the molecule is Cc1ccc(S(=O)(=O)NCC(=O)Nc2cccc3cccnc23)s1. The first kappa shape index (κ1) is 16.6. The first-order chi connectivity index (χ1) is 11.5. The highest BCUT2D eigenvalue weighted by atomic mass is 32.2. The van der Waals surface area contributed by atoms with Crippen molar-refractivity contribution in [1.29, 1.82) is 0 Å². The number of aryl methyl sites for hydroxylation is 1. The second-order valence-electron chi connectivity index (χ2n) is 5.12. The third-order valence-corrected chi connectivity index (χ3v) is 6.20. The molecular weight excluding hydrogens is 346 g/mol. The highest BCUT2D eigenvalue weighted by molar-refractivity contribution is 7.91. The predicted molar refractivity (Wildman–Crippen MR) is 94.6 cm³/mol. The zero-order valence-electron chi connectivity index (χ0n) is 12.8. The Hall–Kier alpha value is -2.29. The number of thiophene rings is 1. The number of carbonyl (C=O) groups is 1. The molecule has 3 aromatic rings. The van der Waals surface area contributed by atoms with Crippen molar-refractivity contribution in [2.75, 3.05) is 11.9 Å². The molecule has 0 fully saturated rings. The molecule has 0 unspecified atom stereocenters. The summed E-state index contributed by atoms with van der Waals surface area (Å²) < 4.78 is 26.7. The zero-order valence-corrected chi connectivity index (χ0v) is 14.4. The monoisotopic (exact) mass is 361 g/mol. The van der Waals surface area contributed by atoms with Crippen LogP contribution in [-0.4, -0.2) is 25.9 Å². The molecule has 0 aliphatic rings. The molecule has 8 heteroatoms. The number of hydrogen-bond acceptors (Lipinski definition) is 5. The molecule has 0 aliphatic carbocycles. The minimum absolute atomic E-state index is 0.194. The van der Waals surface area contributed by atoms with E-state index >= 15 is 0 Å². The van der Waals surface area contributed by atoms with Crippen LogP contribution in [0.1, 0.15) is 4.88 Å². The number of anilines is 1. The molecule has 1 aromatic carbocycles. The van der Waals surface area contributed by atoms with Crippen LogP contribution in [-0.2, 0) is 14.8 Å². The fourth-order valence-electron chi connectivity index (χ4n) is 2.19. The topological polar surface area (TPSA) is 88.2 Å². The van der Waals surface area contributed by atoms with Gasteiger partial charge < -0.3 is 5.32 Å². The molecule has 0 spiro atoms. The molecule has 0 saturated heterocycles. The smallest absolute Gasteiger partial charge is 0.250 e. The number of nitrogens with one attached hydrogen (secondary N) is 2. The zero-order chi connectivity index (χ0) is 17.2. The first-order valence-electron chi connectivity index (χ1n) is 7.15. The van der Waals surface area contributed by atoms with Crippen LogP contribution in [0.15, 0.2) is 52.9 Å². The summed E-state index contributed by atoms with van der Waals surface area (Å²) in [5.41, 5.74) is 1.20. The third kappa shape index (κ3) is 3.61. The summed E-state index contributed by atoms with van der Waals surface area (Å²) in [5, 5.41) is 3.58. The van der Waals surface area contributed by atoms with Crippen molar-refractivity contribution in [1.82, 2.24) is 9.71 Å². The van der Waals surface area contributed by atoms with Crippen molar-refractivity contribution in [3.8, 4) is 0 Å². The quantitative estimate of drug-likeness (QED) is 0.731. The summed E-state index contributed by atoms with van der Waals surface area (Å²) in [6.45, 7) is 1.48. The van der Waals surface area contributed by atoms with E-state index in [1.165, 1.54) is 6.07 Å². The second kappa shape index (κ2) is 6.68. The fraction of sp³-hybridized carbons (Fsp3) is 0.125. The minimum Gasteiger partial charge on any atom is -0.323 e. The lowest BCUT2D eigenvalue weighted by molar-refractivity contribution is -0.115. The van der Waals surface area contributed by atoms with Gasteiger partial charge in [0.15, 0.2) is 0 Å². The van der Waals surface area contributed by atoms with E-state index in [4.69, 9.17) is 0 Å². The van der Waals surface area contributed by atoms with Crippen molar-refractivity contribution in [3.63, 3.8) is 0 Å². The van der Waals surface area contributed by atoms with E-state index in [0.717, 1.165) is 21.6 Å². The molecule has 2 N–H and O–H groups in total. The van der Waals surface area contributed by atoms with E-state index in [2.05, 4.69) is 15.0 Å². The minimum atomic E-state index is -3.68. The van der Waals surface area contributed by atoms with Gasteiger partial charge in [0, 0.05) is 16.5 Å². The number of sulfonamides is 1. The molecular formula is C16H15N3O3S2. The van der Waals surface area contributed by atoms with Gasteiger partial charge >= 0.3 is 0 Å². The van der Waals surface area contributed by atoms with Crippen LogP contribution >= 0.6 is 11.3 Å². The molecule has 3 rings (SSSR count). The Morgan fingerprint density at radius 3 is 2.71 bits per heavy atom. The maximum atomic E-state index is 12.1. The number of amides is 1. The van der Waals surface area contributed by atoms with Gasteiger partial charge in [-0.25, -0.2) is 13.1 Å². The van der Waals surface area contributed by atoms with E-state index in [-0.39, 0.29) is 10.8 Å². The molecule has 124 valence electrons. The number of rotatable bonds is 5. The fourth-order valence-corrected chi connectivity index (χ4v) is 4.50. The summed E-state index contributed by atoms with van der Waals surface area (Å²) >= 11 is 1.16. The summed E-state index contributed by atoms with van der Waals surface area (Å²) in [6, 6.07) is 12.4. The summed E-state index contributed by atoms with van der Waals surface area (Å²) in [5.74, 6) is -0.454. The van der Waals surface area contributed by atoms with Gasteiger partial charge in [-0.1, -0.05) is 18.2 Å². The molecule has 2 aromatic heterocycles. The van der Waals surface area contributed by atoms with Crippen molar-refractivity contribution in [3.05, 3.63) is 53.5 Å². The second-order valence-corrected chi connectivity index (χ2v) is 8.40. The molecule has 0 atom stereocenters. The Kier molecular flexibility index (Phi) is 4.61. The van der Waals surface area contributed by atoms with Gasteiger partial charge in [-0.3, -0.25) is 9.78 Å². The summed E-state index contributed by atoms with van der Waals surface area (Å²) in [7, 11) is -3.68. The molecule has 0 aliphatic heterocycles. The molecule has 0 bridgehead atoms. The molecule has 1 amide bonds. The average molecular weight is 361 g/mol. The molecule has 6 nitrogen and oxygen atoms in total. The van der Waals surface area contributed by atoms with Crippen LogP contribution in [0.4, 0.5) is 5.69 Å². The lowest BCUT2D eigenvalue weighted by atomic mass is 10.2. The molecule has 0 radical (unpaired) electrons. The number of para-hydroxylation sites is 1. The number of fused-ring (bicyclic) bond motifs is 1. The normalized spacial score (nSPS) is 11.5. The molecule has 0 saturated carbocycles. The van der Waals surface area contributed by atoms with Crippen LogP contribution < -0.4 is 10.0 Å². The lowest BCUT2D eigenvalue weighted by Gasteiger charge is -2.08. The van der Waals surface area contributed by atoms with Gasteiger partial charge in [0.1, 0.15) is 4.21 Å². The number of benzene rings is 1. The van der Waals surface area contributed by atoms with Crippen molar-refractivity contribution < 1.29 is 13.2 Å². The van der Waals surface area contributed by atoms with Gasteiger partial charge in [-0.2, -0.15) is 0 Å². The van der Waals surface area contributed by atoms with Gasteiger partial charge in [-0.05, 0) is 31.2 Å². The lowest BCUT2D eigenvalue weighted by Crippen LogP contribution is -2.32. The largest absolute Gasteiger partial charge is 0.323 e. The summed E-state index contributed by atoms with van der Waals surface area (Å²) in [6.07, 6.45) is 1.64. The maximum absolute atomic E-state index is 12.1. The standard InChI is InChI=1S/C16H15N3O3S2/c1-11-7-8-15(23-11)24(21,22)18-10-14(20)19-13-6-2-4-12-5-3-9-17-16(12)13/h2-9,18H,10H2,1H3,(H,19,20). The van der Waals surface area contributed by atoms with E-state index in [9.17, 15) is 13.2 Å². The Labute approximate surface area is 143 Å². The van der Waals surface area contributed by atoms with Crippen LogP contribution in [0.2, 0.25) is 0 Å². The van der Waals surface area contributed by atoms with Crippen molar-refractivity contribution in [2.45, 2.75) is 11.1 Å². The van der Waals surface area contributed by atoms with Gasteiger partial charge in [0.25, 0.3) is 10.0 Å². The van der Waals surface area contributed by atoms with Crippen LogP contribution in [0.25, 0.3) is 10.9 Å². The Balaban J connectivity index is 1.69. The van der Waals surface area contributed by atoms with Gasteiger partial charge in [0.05, 0.1) is 17.7 Å². The highest BCUT2D eigenvalue weighted by Crippen LogP contribution is 2.21. The predicted octanol–water partition coefficient (Wildman–Crippen LogP) is 2.52. The van der Waals surface area contributed by atoms with E-state index in [0.29, 0.717) is 11.2 Å². The first-order valence-corrected chi connectivity index (χ1v) is 9.45.